The number of anilines is 2. The Morgan fingerprint density at radius 3 is 2.52 bits per heavy atom. The van der Waals surface area contributed by atoms with Crippen molar-refractivity contribution in [3.8, 4) is 11.8 Å². The molecule has 160 valence electrons. The Balaban J connectivity index is 1.94. The minimum absolute atomic E-state index is 0.0380. The molecule has 0 unspecified atom stereocenters. The van der Waals surface area contributed by atoms with Gasteiger partial charge in [0.2, 0.25) is 0 Å². The van der Waals surface area contributed by atoms with Crippen LogP contribution in [-0.2, 0) is 9.59 Å². The van der Waals surface area contributed by atoms with E-state index in [1.807, 2.05) is 0 Å². The lowest BCUT2D eigenvalue weighted by Crippen LogP contribution is -2.44. The molecule has 2 aromatic carbocycles. The molecule has 1 N–H and O–H groups in total. The number of halogens is 2. The molecule has 1 aliphatic heterocycles. The first-order chi connectivity index (χ1) is 14.6. The van der Waals surface area contributed by atoms with Crippen molar-refractivity contribution < 1.29 is 18.7 Å². The van der Waals surface area contributed by atoms with Crippen LogP contribution in [0.1, 0.15) is 19.4 Å². The zero-order valence-corrected chi connectivity index (χ0v) is 18.5. The van der Waals surface area contributed by atoms with E-state index in [1.54, 1.807) is 49.1 Å². The molecule has 7 nitrogen and oxygen atoms in total. The van der Waals surface area contributed by atoms with E-state index in [1.165, 1.54) is 19.2 Å². The molecule has 1 aliphatic rings. The zero-order valence-electron chi connectivity index (χ0n) is 16.9. The molecule has 0 radical (unpaired) electrons. The smallest absolute Gasteiger partial charge is 0.259 e. The number of rotatable bonds is 5. The fraction of sp³-hybridized carbons (Fsp3) is 0.238. The lowest BCUT2D eigenvalue weighted by Gasteiger charge is -2.29. The number of nitriles is 1. The van der Waals surface area contributed by atoms with Crippen LogP contribution in [0.2, 0.25) is 5.02 Å². The summed E-state index contributed by atoms with van der Waals surface area (Å²) in [5.74, 6) is -1.15. The van der Waals surface area contributed by atoms with Crippen LogP contribution in [0.3, 0.4) is 0 Å². The summed E-state index contributed by atoms with van der Waals surface area (Å²) in [5, 5.41) is 11.2. The summed E-state index contributed by atoms with van der Waals surface area (Å²) in [6.07, 6.45) is 0. The Hall–Kier alpha value is -3.22. The molecular formula is C21H18ClFN4O3S. The highest BCUT2D eigenvalue weighted by atomic mass is 35.5. The van der Waals surface area contributed by atoms with Gasteiger partial charge in [0.25, 0.3) is 11.8 Å². The number of hydrogen-bond donors (Lipinski definition) is 1. The summed E-state index contributed by atoms with van der Waals surface area (Å²) in [7, 11) is 1.51. The first-order valence-electron chi connectivity index (χ1n) is 9.13. The molecule has 0 aromatic heterocycles. The fourth-order valence-corrected chi connectivity index (χ4v) is 3.87. The molecule has 1 saturated heterocycles. The Morgan fingerprint density at radius 2 is 1.94 bits per heavy atom. The number of nitrogens with one attached hydrogen (secondary N) is 1. The van der Waals surface area contributed by atoms with Gasteiger partial charge in [-0.3, -0.25) is 14.5 Å². The van der Waals surface area contributed by atoms with Crippen molar-refractivity contribution in [1.29, 1.82) is 5.26 Å². The largest absolute Gasteiger partial charge is 0.484 e. The number of nitrogens with zero attached hydrogens (tertiary/aromatic N) is 3. The Kier molecular flexibility index (Phi) is 6.15. The number of benzene rings is 2. The molecular weight excluding hydrogens is 443 g/mol. The van der Waals surface area contributed by atoms with Crippen LogP contribution in [-0.4, -0.2) is 36.1 Å². The first-order valence-corrected chi connectivity index (χ1v) is 9.92. The van der Waals surface area contributed by atoms with Gasteiger partial charge >= 0.3 is 0 Å². The summed E-state index contributed by atoms with van der Waals surface area (Å²) in [4.78, 5) is 27.2. The number of carbonyl (C=O) groups is 2. The van der Waals surface area contributed by atoms with Gasteiger partial charge in [-0.15, -0.1) is 0 Å². The molecule has 2 amide bonds. The fourth-order valence-electron chi connectivity index (χ4n) is 3.15. The van der Waals surface area contributed by atoms with Gasteiger partial charge in [0.05, 0.1) is 16.3 Å². The van der Waals surface area contributed by atoms with Crippen LogP contribution in [0.25, 0.3) is 0 Å². The van der Waals surface area contributed by atoms with E-state index < -0.39 is 17.3 Å². The van der Waals surface area contributed by atoms with E-state index >= 15 is 0 Å². The van der Waals surface area contributed by atoms with Crippen LogP contribution >= 0.6 is 23.8 Å². The molecule has 31 heavy (non-hydrogen) atoms. The van der Waals surface area contributed by atoms with Crippen molar-refractivity contribution in [2.75, 3.05) is 23.5 Å². The Bertz CT molecular complexity index is 1110. The normalized spacial score (nSPS) is 15.1. The summed E-state index contributed by atoms with van der Waals surface area (Å²) in [6, 6.07) is 11.1. The SMILES string of the molecule is CNC(=O)COc1ccc(N2C(=S)N(c3ccc(C#N)c(Cl)c3F)C(=O)C2(C)C)cc1. The minimum Gasteiger partial charge on any atom is -0.484 e. The third-order valence-electron chi connectivity index (χ3n) is 4.84. The first kappa shape index (κ1) is 22.5. The Morgan fingerprint density at radius 1 is 1.29 bits per heavy atom. The third kappa shape index (κ3) is 3.92. The van der Waals surface area contributed by atoms with E-state index in [2.05, 4.69) is 5.32 Å². The van der Waals surface area contributed by atoms with Gasteiger partial charge in [0.15, 0.2) is 17.5 Å². The number of hydrogen-bond acceptors (Lipinski definition) is 5. The van der Waals surface area contributed by atoms with Crippen molar-refractivity contribution in [1.82, 2.24) is 5.32 Å². The second-order valence-corrected chi connectivity index (χ2v) is 7.89. The van der Waals surface area contributed by atoms with Crippen LogP contribution in [0, 0.1) is 17.1 Å². The van der Waals surface area contributed by atoms with Gasteiger partial charge in [0, 0.05) is 12.7 Å². The second kappa shape index (κ2) is 8.49. The highest BCUT2D eigenvalue weighted by Crippen LogP contribution is 2.39. The van der Waals surface area contributed by atoms with Gasteiger partial charge in [-0.2, -0.15) is 5.26 Å². The molecule has 0 atom stereocenters. The van der Waals surface area contributed by atoms with Crippen molar-refractivity contribution in [3.63, 3.8) is 0 Å². The highest BCUT2D eigenvalue weighted by molar-refractivity contribution is 7.81. The number of likely N-dealkylation sites (N-methyl/N-ethyl adjacent to an activating group) is 1. The van der Waals surface area contributed by atoms with Crippen LogP contribution in [0.5, 0.6) is 5.75 Å². The highest BCUT2D eigenvalue weighted by Gasteiger charge is 2.51. The number of carbonyl (C=O) groups excluding carboxylic acids is 2. The molecule has 0 aliphatic carbocycles. The summed E-state index contributed by atoms with van der Waals surface area (Å²) < 4.78 is 20.2. The topological polar surface area (TPSA) is 85.7 Å². The maximum absolute atomic E-state index is 14.9. The number of ether oxygens (including phenoxy) is 1. The molecule has 3 rings (SSSR count). The lowest BCUT2D eigenvalue weighted by atomic mass is 10.0. The van der Waals surface area contributed by atoms with Gasteiger partial charge in [-0.05, 0) is 62.5 Å². The maximum atomic E-state index is 14.9. The van der Waals surface area contributed by atoms with Gasteiger partial charge in [-0.25, -0.2) is 4.39 Å². The van der Waals surface area contributed by atoms with Crippen LogP contribution in [0.15, 0.2) is 36.4 Å². The minimum atomic E-state index is -1.12. The van der Waals surface area contributed by atoms with Crippen molar-refractivity contribution in [3.05, 3.63) is 52.8 Å². The van der Waals surface area contributed by atoms with Gasteiger partial charge in [-0.1, -0.05) is 11.6 Å². The van der Waals surface area contributed by atoms with Crippen molar-refractivity contribution in [2.24, 2.45) is 0 Å². The molecule has 0 spiro atoms. The summed E-state index contributed by atoms with van der Waals surface area (Å²) >= 11 is 11.5. The van der Waals surface area contributed by atoms with E-state index in [4.69, 9.17) is 33.8 Å². The Labute approximate surface area is 188 Å². The zero-order chi connectivity index (χ0) is 22.9. The number of thiocarbonyl (C=S) groups is 1. The standard InChI is InChI=1S/C21H18ClFN4O3S/c1-21(2)19(29)26(15-9-4-12(10-24)17(22)18(15)23)20(31)27(21)13-5-7-14(8-6-13)30-11-16(28)25-3/h4-9H,11H2,1-3H3,(H,25,28). The van der Waals surface area contributed by atoms with E-state index in [0.29, 0.717) is 11.4 Å². The average Bonchev–Trinajstić information content (AvgIpc) is 2.93. The lowest BCUT2D eigenvalue weighted by molar-refractivity contribution is -0.122. The van der Waals surface area contributed by atoms with Crippen LogP contribution in [0.4, 0.5) is 15.8 Å². The molecule has 1 heterocycles. The molecule has 10 heteroatoms. The van der Waals surface area contributed by atoms with E-state index in [-0.39, 0.29) is 33.9 Å². The number of amides is 2. The second-order valence-electron chi connectivity index (χ2n) is 7.15. The predicted molar refractivity (Wildman–Crippen MR) is 119 cm³/mol. The van der Waals surface area contributed by atoms with Gasteiger partial charge in [0.1, 0.15) is 17.4 Å². The van der Waals surface area contributed by atoms with Crippen LogP contribution < -0.4 is 19.9 Å². The van der Waals surface area contributed by atoms with Crippen molar-refractivity contribution in [2.45, 2.75) is 19.4 Å². The molecule has 0 bridgehead atoms. The molecule has 2 aromatic rings. The quantitative estimate of drug-likeness (QED) is 0.688. The molecule has 1 fully saturated rings. The van der Waals surface area contributed by atoms with E-state index in [9.17, 15) is 14.0 Å². The third-order valence-corrected chi connectivity index (χ3v) is 5.57. The van der Waals surface area contributed by atoms with Crippen molar-refractivity contribution >= 4 is 52.1 Å². The van der Waals surface area contributed by atoms with Gasteiger partial charge < -0.3 is 15.0 Å². The summed E-state index contributed by atoms with van der Waals surface area (Å²) in [5.41, 5.74) is -0.698. The maximum Gasteiger partial charge on any atom is 0.259 e. The predicted octanol–water partition coefficient (Wildman–Crippen LogP) is 3.39. The van der Waals surface area contributed by atoms with E-state index in [0.717, 1.165) is 4.90 Å². The average molecular weight is 461 g/mol. The monoisotopic (exact) mass is 460 g/mol. The molecule has 0 saturated carbocycles. The summed E-state index contributed by atoms with van der Waals surface area (Å²) in [6.45, 7) is 3.20.